The van der Waals surface area contributed by atoms with Gasteiger partial charge >= 0.3 is 17.2 Å². The predicted molar refractivity (Wildman–Crippen MR) is 284 cm³/mol. The molecular weight excluding hydrogens is 887 g/mol. The van der Waals surface area contributed by atoms with Crippen molar-refractivity contribution in [1.82, 2.24) is 0 Å². The average molecular weight is 959 g/mol. The smallest absolute Gasteiger partial charge is 0.408 e. The highest BCUT2D eigenvalue weighted by Crippen LogP contribution is 2.55. The standard InChI is InChI=1S/C58H72O6P2S/c1-37(2)43-25-17-21-29-49(43)59-65(60-50-30-22-18-26-44(50)38(3)4)63-55-47(57(11,12)13)33-41(9)35-53(55)67-54-36-42(10)34-48(58(14,15)16)56(54)64-66(61-51-31-23-19-27-45(51)39(5)6)62-52-32-24-20-28-46(52)40(7)8/h17-40H,1-16H3. The third kappa shape index (κ3) is 13.3. The van der Waals surface area contributed by atoms with Gasteiger partial charge in [0.1, 0.15) is 34.5 Å². The Balaban J connectivity index is 1.53. The second-order valence-corrected chi connectivity index (χ2v) is 23.7. The second kappa shape index (κ2) is 22.2. The van der Waals surface area contributed by atoms with Crippen LogP contribution in [0.4, 0.5) is 0 Å². The van der Waals surface area contributed by atoms with Gasteiger partial charge in [0.25, 0.3) is 0 Å². The molecule has 6 aromatic rings. The molecule has 0 heterocycles. The fourth-order valence-corrected chi connectivity index (χ4v) is 11.4. The quantitative estimate of drug-likeness (QED) is 0.0796. The minimum atomic E-state index is -2.04. The lowest BCUT2D eigenvalue weighted by Crippen LogP contribution is -2.16. The molecule has 0 aliphatic carbocycles. The van der Waals surface area contributed by atoms with Crippen LogP contribution in [0.25, 0.3) is 0 Å². The summed E-state index contributed by atoms with van der Waals surface area (Å²) in [6.07, 6.45) is 0. The number of benzene rings is 6. The summed E-state index contributed by atoms with van der Waals surface area (Å²) >= 11 is 1.62. The van der Waals surface area contributed by atoms with Crippen LogP contribution in [-0.4, -0.2) is 0 Å². The number of rotatable bonds is 18. The van der Waals surface area contributed by atoms with Crippen LogP contribution >= 0.6 is 29.0 Å². The molecule has 0 fully saturated rings. The predicted octanol–water partition coefficient (Wildman–Crippen LogP) is 19.1. The number of aryl methyl sites for hydroxylation is 2. The van der Waals surface area contributed by atoms with Crippen LogP contribution in [0.2, 0.25) is 0 Å². The molecule has 0 amide bonds. The van der Waals surface area contributed by atoms with Crippen LogP contribution in [-0.2, 0) is 10.8 Å². The van der Waals surface area contributed by atoms with Gasteiger partial charge in [0.05, 0.1) is 9.79 Å². The Bertz CT molecular complexity index is 2320. The van der Waals surface area contributed by atoms with Crippen LogP contribution in [0.1, 0.15) is 165 Å². The van der Waals surface area contributed by atoms with Crippen molar-refractivity contribution >= 4 is 29.0 Å². The highest BCUT2D eigenvalue weighted by Gasteiger charge is 2.34. The molecule has 67 heavy (non-hydrogen) atoms. The van der Waals surface area contributed by atoms with E-state index in [1.807, 2.05) is 72.8 Å². The molecule has 0 aliphatic heterocycles. The zero-order chi connectivity index (χ0) is 48.8. The molecule has 0 radical (unpaired) electrons. The Kier molecular flexibility index (Phi) is 17.1. The molecule has 0 atom stereocenters. The molecule has 0 spiro atoms. The van der Waals surface area contributed by atoms with Crippen molar-refractivity contribution in [3.8, 4) is 34.5 Å². The Morgan fingerprint density at radius 3 is 0.866 bits per heavy atom. The molecule has 0 saturated carbocycles. The summed E-state index contributed by atoms with van der Waals surface area (Å²) < 4.78 is 42.3. The van der Waals surface area contributed by atoms with Crippen molar-refractivity contribution in [2.24, 2.45) is 0 Å². The lowest BCUT2D eigenvalue weighted by molar-refractivity contribution is 0.374. The van der Waals surface area contributed by atoms with Gasteiger partial charge in [-0.1, -0.05) is 194 Å². The van der Waals surface area contributed by atoms with E-state index in [-0.39, 0.29) is 34.5 Å². The van der Waals surface area contributed by atoms with E-state index in [1.165, 1.54) is 0 Å². The first-order valence-electron chi connectivity index (χ1n) is 23.6. The lowest BCUT2D eigenvalue weighted by atomic mass is 9.85. The monoisotopic (exact) mass is 958 g/mol. The van der Waals surface area contributed by atoms with Crippen LogP contribution in [0.5, 0.6) is 34.5 Å². The normalized spacial score (nSPS) is 12.1. The van der Waals surface area contributed by atoms with Crippen molar-refractivity contribution in [3.05, 3.63) is 166 Å². The van der Waals surface area contributed by atoms with Crippen molar-refractivity contribution in [2.45, 2.75) is 155 Å². The van der Waals surface area contributed by atoms with Crippen molar-refractivity contribution in [1.29, 1.82) is 0 Å². The van der Waals surface area contributed by atoms with Crippen LogP contribution in [0, 0.1) is 13.8 Å². The Morgan fingerprint density at radius 2 is 0.627 bits per heavy atom. The van der Waals surface area contributed by atoms with Gasteiger partial charge in [-0.05, 0) is 118 Å². The van der Waals surface area contributed by atoms with Gasteiger partial charge in [-0.2, -0.15) is 0 Å². The molecule has 0 saturated heterocycles. The van der Waals surface area contributed by atoms with Gasteiger partial charge in [0.2, 0.25) is 0 Å². The number of hydrogen-bond donors (Lipinski definition) is 0. The SMILES string of the molecule is Cc1cc(Sc2cc(C)cc(C(C)(C)C)c2OP(Oc2ccccc2C(C)C)Oc2ccccc2C(C)C)c(OP(Oc2ccccc2C(C)C)Oc2ccccc2C(C)C)c(C(C)(C)C)c1. The van der Waals surface area contributed by atoms with E-state index in [0.29, 0.717) is 11.5 Å². The largest absolute Gasteiger partial charge is 0.530 e. The molecule has 0 aromatic heterocycles. The van der Waals surface area contributed by atoms with Crippen molar-refractivity contribution < 1.29 is 27.1 Å². The van der Waals surface area contributed by atoms with Gasteiger partial charge < -0.3 is 27.1 Å². The Hall–Kier alpha value is -4.67. The molecule has 0 N–H and O–H groups in total. The first kappa shape index (κ1) is 51.7. The van der Waals surface area contributed by atoms with E-state index in [4.69, 9.17) is 27.1 Å². The maximum absolute atomic E-state index is 7.30. The van der Waals surface area contributed by atoms with E-state index < -0.39 is 17.2 Å². The molecule has 356 valence electrons. The first-order chi connectivity index (χ1) is 31.6. The zero-order valence-corrected chi connectivity index (χ0v) is 45.2. The van der Waals surface area contributed by atoms with Crippen LogP contribution in [0.15, 0.2) is 131 Å². The summed E-state index contributed by atoms with van der Waals surface area (Å²) in [5.74, 6) is 5.24. The van der Waals surface area contributed by atoms with E-state index >= 15 is 0 Å². The summed E-state index contributed by atoms with van der Waals surface area (Å²) in [6, 6.07) is 41.5. The van der Waals surface area contributed by atoms with E-state index in [0.717, 1.165) is 77.3 Å². The maximum Gasteiger partial charge on any atom is 0.530 e. The highest BCUT2D eigenvalue weighted by molar-refractivity contribution is 7.99. The minimum absolute atomic E-state index is 0.222. The molecule has 0 bridgehead atoms. The summed E-state index contributed by atoms with van der Waals surface area (Å²) in [4.78, 5) is 1.83. The number of hydrogen-bond acceptors (Lipinski definition) is 7. The Labute approximate surface area is 409 Å². The fraction of sp³-hybridized carbons (Fsp3) is 0.379. The van der Waals surface area contributed by atoms with Crippen LogP contribution < -0.4 is 27.1 Å². The van der Waals surface area contributed by atoms with Gasteiger partial charge in [-0.25, -0.2) is 0 Å². The third-order valence-electron chi connectivity index (χ3n) is 11.4. The van der Waals surface area contributed by atoms with Crippen LogP contribution in [0.3, 0.4) is 0 Å². The fourth-order valence-electron chi connectivity index (χ4n) is 7.80. The van der Waals surface area contributed by atoms with Gasteiger partial charge in [0.15, 0.2) is 0 Å². The zero-order valence-electron chi connectivity index (χ0n) is 42.6. The Morgan fingerprint density at radius 1 is 0.373 bits per heavy atom. The van der Waals surface area contributed by atoms with Gasteiger partial charge in [-0.15, -0.1) is 0 Å². The third-order valence-corrected chi connectivity index (χ3v) is 14.5. The minimum Gasteiger partial charge on any atom is -0.408 e. The molecular formula is C58H72O6P2S. The summed E-state index contributed by atoms with van der Waals surface area (Å²) in [5, 5.41) is 0. The average Bonchev–Trinajstić information content (AvgIpc) is 3.25. The molecule has 0 aliphatic rings. The van der Waals surface area contributed by atoms with Gasteiger partial charge in [-0.3, -0.25) is 0 Å². The van der Waals surface area contributed by atoms with E-state index in [1.54, 1.807) is 11.8 Å². The molecule has 6 rings (SSSR count). The maximum atomic E-state index is 7.30. The van der Waals surface area contributed by atoms with E-state index in [9.17, 15) is 0 Å². The van der Waals surface area contributed by atoms with E-state index in [2.05, 4.69) is 159 Å². The first-order valence-corrected chi connectivity index (χ1v) is 26.6. The second-order valence-electron chi connectivity index (χ2n) is 20.6. The van der Waals surface area contributed by atoms with Crippen molar-refractivity contribution in [3.63, 3.8) is 0 Å². The molecule has 0 unspecified atom stereocenters. The number of para-hydroxylation sites is 4. The summed E-state index contributed by atoms with van der Waals surface area (Å²) in [5.41, 5.74) is 8.01. The van der Waals surface area contributed by atoms with Crippen molar-refractivity contribution in [2.75, 3.05) is 0 Å². The molecule has 9 heteroatoms. The van der Waals surface area contributed by atoms with Gasteiger partial charge in [0, 0.05) is 11.1 Å². The summed E-state index contributed by atoms with van der Waals surface area (Å²) in [7, 11) is -4.09. The lowest BCUT2D eigenvalue weighted by Gasteiger charge is -2.29. The molecule has 6 aromatic carbocycles. The topological polar surface area (TPSA) is 55.4 Å². The summed E-state index contributed by atoms with van der Waals surface area (Å²) in [6.45, 7) is 35.0. The molecule has 6 nitrogen and oxygen atoms in total. The highest BCUT2D eigenvalue weighted by atomic mass is 32.2.